The Morgan fingerprint density at radius 3 is 2.51 bits per heavy atom. The number of nitrogens with one attached hydrogen (secondary N) is 3. The highest BCUT2D eigenvalue weighted by Crippen LogP contribution is 2.30. The van der Waals surface area contributed by atoms with Crippen molar-refractivity contribution >= 4 is 34.9 Å². The van der Waals surface area contributed by atoms with Gasteiger partial charge < -0.3 is 26.0 Å². The second-order valence-corrected chi connectivity index (χ2v) is 9.74. The van der Waals surface area contributed by atoms with Crippen LogP contribution in [-0.2, 0) is 20.9 Å². The van der Waals surface area contributed by atoms with Gasteiger partial charge in [0.05, 0.1) is 19.7 Å². The number of ether oxygens (including phenoxy) is 1. The molecule has 1 aliphatic rings. The lowest BCUT2D eigenvalue weighted by Gasteiger charge is -2.28. The number of amides is 3. The van der Waals surface area contributed by atoms with E-state index in [1.165, 1.54) is 11.3 Å². The number of benzene rings is 1. The smallest absolute Gasteiger partial charge is 0.243 e. The van der Waals surface area contributed by atoms with Crippen LogP contribution in [0.1, 0.15) is 57.4 Å². The first-order valence-corrected chi connectivity index (χ1v) is 13.6. The highest BCUT2D eigenvalue weighted by molar-refractivity contribution is 7.10. The molecule has 2 unspecified atom stereocenters. The average molecular weight is 530 g/mol. The largest absolute Gasteiger partial charge is 0.494 e. The lowest BCUT2D eigenvalue weighted by molar-refractivity contribution is -0.140. The van der Waals surface area contributed by atoms with E-state index < -0.39 is 6.04 Å². The van der Waals surface area contributed by atoms with Crippen LogP contribution >= 0.6 is 11.3 Å². The summed E-state index contributed by atoms with van der Waals surface area (Å²) in [6.07, 6.45) is 1.34. The standard InChI is InChI=1S/C25H33N5O4S.C2H6/c1-16-11-21(25(33)29-13-20-12-18(15-35-20)24(26)27)30(17(16)2)23(32)14-28-22(31)9-6-10-34-19-7-4-3-5-8-19;1-2/h3-5,7-8,12,15-17,21H,6,9-11,13-14H2,1-2H3,(H3,26,27)(H,28,31)(H,29,33);1-2H3/t16-,17?,21?;/m0./s1. The monoisotopic (exact) mass is 529 g/mol. The Morgan fingerprint density at radius 2 is 1.86 bits per heavy atom. The number of nitrogens with zero attached hydrogens (tertiary/aromatic N) is 1. The van der Waals surface area contributed by atoms with Gasteiger partial charge in [0, 0.05) is 28.3 Å². The summed E-state index contributed by atoms with van der Waals surface area (Å²) in [5.41, 5.74) is 6.12. The number of hydrogen-bond donors (Lipinski definition) is 4. The lowest BCUT2D eigenvalue weighted by Crippen LogP contribution is -2.51. The number of nitrogens with two attached hydrogens (primary N) is 1. The van der Waals surface area contributed by atoms with Gasteiger partial charge in [-0.05, 0) is 43.9 Å². The fourth-order valence-corrected chi connectivity index (χ4v) is 4.88. The number of carbonyl (C=O) groups is 3. The van der Waals surface area contributed by atoms with Crippen molar-refractivity contribution in [1.29, 1.82) is 5.41 Å². The minimum absolute atomic E-state index is 0.0141. The van der Waals surface area contributed by atoms with Crippen LogP contribution < -0.4 is 21.1 Å². The molecule has 1 fully saturated rings. The maximum atomic E-state index is 13.0. The van der Waals surface area contributed by atoms with Gasteiger partial charge in [-0.2, -0.15) is 0 Å². The molecule has 2 heterocycles. The predicted molar refractivity (Wildman–Crippen MR) is 147 cm³/mol. The van der Waals surface area contributed by atoms with Gasteiger partial charge in [-0.1, -0.05) is 39.0 Å². The first-order chi connectivity index (χ1) is 17.8. The van der Waals surface area contributed by atoms with Gasteiger partial charge in [0.2, 0.25) is 17.7 Å². The maximum Gasteiger partial charge on any atom is 0.243 e. The minimum Gasteiger partial charge on any atom is -0.494 e. The van der Waals surface area contributed by atoms with Crippen molar-refractivity contribution in [2.75, 3.05) is 13.2 Å². The van der Waals surface area contributed by atoms with Gasteiger partial charge in [0.15, 0.2) is 0 Å². The normalized spacial score (nSPS) is 18.4. The fraction of sp³-hybridized carbons (Fsp3) is 0.481. The van der Waals surface area contributed by atoms with Gasteiger partial charge in [0.25, 0.3) is 0 Å². The number of thiophene rings is 1. The number of para-hydroxylation sites is 1. The Morgan fingerprint density at radius 1 is 1.16 bits per heavy atom. The van der Waals surface area contributed by atoms with Crippen molar-refractivity contribution < 1.29 is 19.1 Å². The molecule has 9 nitrogen and oxygen atoms in total. The molecular formula is C27H39N5O4S. The molecule has 5 N–H and O–H groups in total. The van der Waals surface area contributed by atoms with E-state index in [-0.39, 0.29) is 48.5 Å². The van der Waals surface area contributed by atoms with Gasteiger partial charge in [-0.25, -0.2) is 0 Å². The summed E-state index contributed by atoms with van der Waals surface area (Å²) in [5, 5.41) is 14.8. The van der Waals surface area contributed by atoms with Crippen LogP contribution in [0.4, 0.5) is 0 Å². The summed E-state index contributed by atoms with van der Waals surface area (Å²) in [4.78, 5) is 40.6. The van der Waals surface area contributed by atoms with E-state index in [2.05, 4.69) is 10.6 Å². The maximum absolute atomic E-state index is 13.0. The van der Waals surface area contributed by atoms with Crippen molar-refractivity contribution in [2.24, 2.45) is 11.7 Å². The molecule has 0 aliphatic carbocycles. The number of amidine groups is 1. The van der Waals surface area contributed by atoms with Crippen LogP contribution in [0, 0.1) is 11.3 Å². The van der Waals surface area contributed by atoms with Crippen LogP contribution in [0.25, 0.3) is 0 Å². The molecular weight excluding hydrogens is 490 g/mol. The molecule has 0 bridgehead atoms. The third-order valence-electron chi connectivity index (χ3n) is 6.18. The molecule has 1 aliphatic heterocycles. The second kappa shape index (κ2) is 15.0. The van der Waals surface area contributed by atoms with Crippen molar-refractivity contribution in [3.8, 4) is 5.75 Å². The van der Waals surface area contributed by atoms with Crippen LogP contribution in [0.2, 0.25) is 0 Å². The topological polar surface area (TPSA) is 138 Å². The van der Waals surface area contributed by atoms with E-state index in [1.807, 2.05) is 58.0 Å². The Bertz CT molecular complexity index is 1040. The second-order valence-electron chi connectivity index (χ2n) is 8.75. The van der Waals surface area contributed by atoms with Gasteiger partial charge in [-0.3, -0.25) is 19.8 Å². The zero-order valence-corrected chi connectivity index (χ0v) is 22.9. The molecule has 0 spiro atoms. The summed E-state index contributed by atoms with van der Waals surface area (Å²) in [6, 6.07) is 10.5. The molecule has 1 aromatic heterocycles. The molecule has 202 valence electrons. The van der Waals surface area contributed by atoms with E-state index in [0.717, 1.165) is 10.6 Å². The van der Waals surface area contributed by atoms with Crippen molar-refractivity contribution in [1.82, 2.24) is 15.5 Å². The van der Waals surface area contributed by atoms with Crippen LogP contribution in [0.3, 0.4) is 0 Å². The lowest BCUT2D eigenvalue weighted by atomic mass is 10.0. The molecule has 3 rings (SSSR count). The van der Waals surface area contributed by atoms with Crippen LogP contribution in [-0.4, -0.2) is 53.7 Å². The fourth-order valence-electron chi connectivity index (χ4n) is 4.05. The Balaban J connectivity index is 0.00000235. The van der Waals surface area contributed by atoms with Crippen LogP contribution in [0.5, 0.6) is 5.75 Å². The molecule has 10 heteroatoms. The highest BCUT2D eigenvalue weighted by atomic mass is 32.1. The molecule has 0 radical (unpaired) electrons. The summed E-state index contributed by atoms with van der Waals surface area (Å²) >= 11 is 1.42. The first kappa shape index (κ1) is 29.8. The van der Waals surface area contributed by atoms with E-state index in [1.54, 1.807) is 16.3 Å². The summed E-state index contributed by atoms with van der Waals surface area (Å²) in [7, 11) is 0. The number of carbonyl (C=O) groups excluding carboxylic acids is 3. The Kier molecular flexibility index (Phi) is 12.1. The zero-order valence-electron chi connectivity index (χ0n) is 22.1. The van der Waals surface area contributed by atoms with Crippen molar-refractivity contribution in [2.45, 2.75) is 65.6 Å². The van der Waals surface area contributed by atoms with Gasteiger partial charge in [-0.15, -0.1) is 11.3 Å². The zero-order chi connectivity index (χ0) is 27.4. The SMILES string of the molecule is CC.CC1[C@@H](C)CC(C(=O)NCc2cc(C(=N)N)cs2)N1C(=O)CNC(=O)CCCOc1ccccc1. The Hall–Kier alpha value is -3.40. The third-order valence-corrected chi connectivity index (χ3v) is 7.12. The van der Waals surface area contributed by atoms with E-state index in [4.69, 9.17) is 15.9 Å². The van der Waals surface area contributed by atoms with Gasteiger partial charge >= 0.3 is 0 Å². The molecule has 37 heavy (non-hydrogen) atoms. The van der Waals surface area contributed by atoms with Crippen LogP contribution in [0.15, 0.2) is 41.8 Å². The summed E-state index contributed by atoms with van der Waals surface area (Å²) in [6.45, 7) is 8.51. The molecule has 0 saturated carbocycles. The summed E-state index contributed by atoms with van der Waals surface area (Å²) in [5.74, 6) is 0.173. The Labute approximate surface area is 223 Å². The third kappa shape index (κ3) is 8.89. The quantitative estimate of drug-likeness (QED) is 0.201. The van der Waals surface area contributed by atoms with Gasteiger partial charge in [0.1, 0.15) is 17.6 Å². The summed E-state index contributed by atoms with van der Waals surface area (Å²) < 4.78 is 5.58. The number of likely N-dealkylation sites (tertiary alicyclic amines) is 1. The van der Waals surface area contributed by atoms with E-state index >= 15 is 0 Å². The van der Waals surface area contributed by atoms with Crippen molar-refractivity contribution in [3.63, 3.8) is 0 Å². The molecule has 3 amide bonds. The number of hydrogen-bond acceptors (Lipinski definition) is 6. The number of rotatable bonds is 11. The van der Waals surface area contributed by atoms with Crippen molar-refractivity contribution in [3.05, 3.63) is 52.2 Å². The minimum atomic E-state index is -0.587. The molecule has 2 aromatic rings. The average Bonchev–Trinajstić information content (AvgIpc) is 3.50. The highest BCUT2D eigenvalue weighted by Gasteiger charge is 2.42. The van der Waals surface area contributed by atoms with E-state index in [0.29, 0.717) is 31.6 Å². The molecule has 3 atom stereocenters. The van der Waals surface area contributed by atoms with E-state index in [9.17, 15) is 14.4 Å². The first-order valence-electron chi connectivity index (χ1n) is 12.7. The number of nitrogen functional groups attached to an aromatic ring is 1. The molecule has 1 saturated heterocycles. The predicted octanol–water partition coefficient (Wildman–Crippen LogP) is 3.28. The molecule has 1 aromatic carbocycles.